The van der Waals surface area contributed by atoms with Gasteiger partial charge in [0.05, 0.1) is 0 Å². The van der Waals surface area contributed by atoms with E-state index in [1.165, 1.54) is 0 Å². The molecule has 0 radical (unpaired) electrons. The number of carbonyl (C=O) groups is 2. The maximum Gasteiger partial charge on any atom is 0.244 e. The summed E-state index contributed by atoms with van der Waals surface area (Å²) in [5.74, 6) is -0.253. The quantitative estimate of drug-likeness (QED) is 0.918. The summed E-state index contributed by atoms with van der Waals surface area (Å²) in [5, 5.41) is 3.41. The number of amides is 2. The number of nitrogens with zero attached hydrogens (tertiary/aromatic N) is 1. The third-order valence-corrected chi connectivity index (χ3v) is 4.58. The van der Waals surface area contributed by atoms with Crippen molar-refractivity contribution in [3.8, 4) is 0 Å². The third-order valence-electron chi connectivity index (χ3n) is 4.18. The van der Waals surface area contributed by atoms with Crippen LogP contribution in [0.3, 0.4) is 0 Å². The second-order valence-electron chi connectivity index (χ2n) is 5.97. The first-order chi connectivity index (χ1) is 11.5. The van der Waals surface area contributed by atoms with Gasteiger partial charge in [0.25, 0.3) is 0 Å². The lowest BCUT2D eigenvalue weighted by Crippen LogP contribution is -2.37. The molecule has 1 N–H and O–H groups in total. The Labute approximate surface area is 146 Å². The van der Waals surface area contributed by atoms with Gasteiger partial charge in [0.15, 0.2) is 0 Å². The lowest BCUT2D eigenvalue weighted by atomic mass is 10.1. The van der Waals surface area contributed by atoms with Crippen molar-refractivity contribution in [1.29, 1.82) is 0 Å². The topological polar surface area (TPSA) is 49.4 Å². The van der Waals surface area contributed by atoms with Crippen molar-refractivity contribution in [3.05, 3.63) is 58.6 Å². The van der Waals surface area contributed by atoms with Gasteiger partial charge in [-0.1, -0.05) is 35.9 Å². The Hall–Kier alpha value is -2.33. The van der Waals surface area contributed by atoms with Crippen LogP contribution in [0.2, 0.25) is 5.02 Å². The van der Waals surface area contributed by atoms with Crippen LogP contribution in [0, 0.1) is 6.92 Å². The molecule has 0 spiro atoms. The van der Waals surface area contributed by atoms with Crippen molar-refractivity contribution >= 4 is 34.8 Å². The van der Waals surface area contributed by atoms with Crippen LogP contribution in [-0.4, -0.2) is 18.4 Å². The van der Waals surface area contributed by atoms with Gasteiger partial charge in [-0.15, -0.1) is 0 Å². The molecule has 2 amide bonds. The summed E-state index contributed by atoms with van der Waals surface area (Å²) in [4.78, 5) is 26.4. The fraction of sp³-hybridized carbons (Fsp3) is 0.263. The van der Waals surface area contributed by atoms with E-state index in [2.05, 4.69) is 5.32 Å². The average Bonchev–Trinajstić information content (AvgIpc) is 2.71. The maximum atomic E-state index is 12.4. The molecule has 5 heteroatoms. The highest BCUT2D eigenvalue weighted by Gasteiger charge is 2.24. The molecule has 124 valence electrons. The van der Waals surface area contributed by atoms with Crippen molar-refractivity contribution < 1.29 is 9.59 Å². The molecule has 0 saturated carbocycles. The second kappa shape index (κ2) is 7.05. The van der Waals surface area contributed by atoms with E-state index in [0.29, 0.717) is 17.1 Å². The number of rotatable bonds is 3. The number of anilines is 2. The molecular formula is C19H19ClN2O2. The molecule has 4 nitrogen and oxygen atoms in total. The van der Waals surface area contributed by atoms with Gasteiger partial charge in [0, 0.05) is 22.8 Å². The Kier molecular flexibility index (Phi) is 4.86. The van der Waals surface area contributed by atoms with E-state index in [0.717, 1.165) is 29.7 Å². The summed E-state index contributed by atoms with van der Waals surface area (Å²) in [6, 6.07) is 13.1. The molecule has 0 atom stereocenters. The first kappa shape index (κ1) is 16.5. The summed E-state index contributed by atoms with van der Waals surface area (Å²) in [7, 11) is 0. The molecule has 0 fully saturated rings. The molecule has 2 aromatic carbocycles. The molecular weight excluding hydrogens is 324 g/mol. The molecule has 1 aliphatic rings. The van der Waals surface area contributed by atoms with Crippen LogP contribution in [0.25, 0.3) is 0 Å². The highest BCUT2D eigenvalue weighted by atomic mass is 35.5. The van der Waals surface area contributed by atoms with Crippen molar-refractivity contribution in [2.24, 2.45) is 0 Å². The number of para-hydroxylation sites is 1. The highest BCUT2D eigenvalue weighted by molar-refractivity contribution is 6.31. The van der Waals surface area contributed by atoms with Gasteiger partial charge < -0.3 is 10.2 Å². The average molecular weight is 343 g/mol. The van der Waals surface area contributed by atoms with Gasteiger partial charge in [-0.2, -0.15) is 0 Å². The van der Waals surface area contributed by atoms with Crippen LogP contribution in [0.5, 0.6) is 0 Å². The molecule has 3 rings (SSSR count). The van der Waals surface area contributed by atoms with Crippen molar-refractivity contribution in [2.45, 2.75) is 26.2 Å². The third kappa shape index (κ3) is 3.60. The highest BCUT2D eigenvalue weighted by Crippen LogP contribution is 2.27. The number of benzene rings is 2. The van der Waals surface area contributed by atoms with Crippen LogP contribution in [0.4, 0.5) is 11.4 Å². The van der Waals surface area contributed by atoms with Gasteiger partial charge in [0.2, 0.25) is 11.8 Å². The molecule has 0 saturated heterocycles. The van der Waals surface area contributed by atoms with E-state index >= 15 is 0 Å². The minimum absolute atomic E-state index is 0.00133. The summed E-state index contributed by atoms with van der Waals surface area (Å²) in [5.41, 5.74) is 3.52. The van der Waals surface area contributed by atoms with Crippen molar-refractivity contribution in [3.63, 3.8) is 0 Å². The van der Waals surface area contributed by atoms with Crippen LogP contribution in [0.15, 0.2) is 42.5 Å². The largest absolute Gasteiger partial charge is 0.324 e. The summed E-state index contributed by atoms with van der Waals surface area (Å²) < 4.78 is 0. The number of carbonyl (C=O) groups excluding carboxylic acids is 2. The predicted octanol–water partition coefficient (Wildman–Crippen LogP) is 3.96. The number of halogens is 1. The normalized spacial score (nSPS) is 14.1. The van der Waals surface area contributed by atoms with Crippen LogP contribution >= 0.6 is 11.6 Å². The Morgan fingerprint density at radius 3 is 2.79 bits per heavy atom. The van der Waals surface area contributed by atoms with E-state index in [-0.39, 0.29) is 18.4 Å². The monoisotopic (exact) mass is 342 g/mol. The summed E-state index contributed by atoms with van der Waals surface area (Å²) >= 11 is 6.09. The Bertz CT molecular complexity index is 789. The molecule has 0 unspecified atom stereocenters. The number of fused-ring (bicyclic) bond motifs is 1. The Morgan fingerprint density at radius 2 is 2.00 bits per heavy atom. The van der Waals surface area contributed by atoms with E-state index in [1.807, 2.05) is 37.3 Å². The minimum Gasteiger partial charge on any atom is -0.324 e. The number of hydrogen-bond acceptors (Lipinski definition) is 2. The SMILES string of the molecule is Cc1ccc(NC(=O)CN2C(=O)CCCc3ccccc32)cc1Cl. The van der Waals surface area contributed by atoms with Gasteiger partial charge in [-0.3, -0.25) is 9.59 Å². The Morgan fingerprint density at radius 1 is 1.21 bits per heavy atom. The van der Waals surface area contributed by atoms with Gasteiger partial charge >= 0.3 is 0 Å². The molecule has 1 heterocycles. The standard InChI is InChI=1S/C19H19ClN2O2/c1-13-9-10-15(11-16(13)20)21-18(23)12-22-17-7-3-2-5-14(17)6-4-8-19(22)24/h2-3,5,7,9-11H,4,6,8,12H2,1H3,(H,21,23). The van der Waals surface area contributed by atoms with Crippen molar-refractivity contribution in [2.75, 3.05) is 16.8 Å². The first-order valence-corrected chi connectivity index (χ1v) is 8.36. The van der Waals surface area contributed by atoms with Gasteiger partial charge in [-0.05, 0) is 49.1 Å². The minimum atomic E-state index is -0.236. The number of nitrogens with one attached hydrogen (secondary N) is 1. The first-order valence-electron chi connectivity index (χ1n) is 7.99. The number of hydrogen-bond donors (Lipinski definition) is 1. The number of aryl methyl sites for hydroxylation is 2. The van der Waals surface area contributed by atoms with Crippen molar-refractivity contribution in [1.82, 2.24) is 0 Å². The van der Waals surface area contributed by atoms with Crippen LogP contribution in [0.1, 0.15) is 24.0 Å². The second-order valence-corrected chi connectivity index (χ2v) is 6.38. The smallest absolute Gasteiger partial charge is 0.244 e. The molecule has 1 aliphatic heterocycles. The zero-order chi connectivity index (χ0) is 17.1. The predicted molar refractivity (Wildman–Crippen MR) is 96.6 cm³/mol. The molecule has 24 heavy (non-hydrogen) atoms. The lowest BCUT2D eigenvalue weighted by Gasteiger charge is -2.22. The van der Waals surface area contributed by atoms with E-state index in [9.17, 15) is 9.59 Å². The maximum absolute atomic E-state index is 12.4. The Balaban J connectivity index is 1.77. The van der Waals surface area contributed by atoms with E-state index in [4.69, 9.17) is 11.6 Å². The lowest BCUT2D eigenvalue weighted by molar-refractivity contribution is -0.121. The zero-order valence-electron chi connectivity index (χ0n) is 13.5. The molecule has 2 aromatic rings. The van der Waals surface area contributed by atoms with E-state index in [1.54, 1.807) is 17.0 Å². The summed E-state index contributed by atoms with van der Waals surface area (Å²) in [6.07, 6.45) is 2.12. The fourth-order valence-corrected chi connectivity index (χ4v) is 3.05. The molecule has 0 aliphatic carbocycles. The molecule has 0 bridgehead atoms. The fourth-order valence-electron chi connectivity index (χ4n) is 2.87. The van der Waals surface area contributed by atoms with Gasteiger partial charge in [0.1, 0.15) is 6.54 Å². The summed E-state index contributed by atoms with van der Waals surface area (Å²) in [6.45, 7) is 1.90. The molecule has 0 aromatic heterocycles. The zero-order valence-corrected chi connectivity index (χ0v) is 14.3. The van der Waals surface area contributed by atoms with Crippen LogP contribution < -0.4 is 10.2 Å². The van der Waals surface area contributed by atoms with E-state index < -0.39 is 0 Å². The van der Waals surface area contributed by atoms with Gasteiger partial charge in [-0.25, -0.2) is 0 Å². The van der Waals surface area contributed by atoms with Crippen LogP contribution in [-0.2, 0) is 16.0 Å².